The molecule has 0 unspecified atom stereocenters. The number of rotatable bonds is 3. The summed E-state index contributed by atoms with van der Waals surface area (Å²) in [5.74, 6) is 0.282. The van der Waals surface area contributed by atoms with E-state index in [1.54, 1.807) is 12.1 Å². The van der Waals surface area contributed by atoms with Crippen LogP contribution in [0.15, 0.2) is 48.5 Å². The number of benzene rings is 2. The first kappa shape index (κ1) is 12.8. The summed E-state index contributed by atoms with van der Waals surface area (Å²) >= 11 is 0. The van der Waals surface area contributed by atoms with Crippen LogP contribution in [0.5, 0.6) is 5.75 Å². The molecule has 0 fully saturated rings. The third-order valence-corrected chi connectivity index (χ3v) is 3.83. The molecular formula is C17H18N2O. The molecule has 3 rings (SSSR count). The van der Waals surface area contributed by atoms with Crippen molar-refractivity contribution in [3.63, 3.8) is 0 Å². The highest BCUT2D eigenvalue weighted by atomic mass is 16.3. The molecule has 1 heterocycles. The molecule has 20 heavy (non-hydrogen) atoms. The number of phenolic OH excluding ortho intramolecular Hbond substituents is 1. The Bertz CT molecular complexity index is 745. The molecule has 0 saturated heterocycles. The van der Waals surface area contributed by atoms with Gasteiger partial charge in [-0.05, 0) is 36.2 Å². The van der Waals surface area contributed by atoms with Crippen LogP contribution in [-0.4, -0.2) is 9.67 Å². The Morgan fingerprint density at radius 1 is 1.10 bits per heavy atom. The van der Waals surface area contributed by atoms with Crippen LogP contribution in [0.4, 0.5) is 0 Å². The van der Waals surface area contributed by atoms with Crippen molar-refractivity contribution in [1.82, 2.24) is 4.57 Å². The van der Waals surface area contributed by atoms with Gasteiger partial charge in [-0.25, -0.2) is 0 Å². The molecular weight excluding hydrogens is 248 g/mol. The van der Waals surface area contributed by atoms with Crippen molar-refractivity contribution in [2.45, 2.75) is 20.0 Å². The largest absolute Gasteiger partial charge is 0.508 e. The maximum atomic E-state index is 9.69. The minimum atomic E-state index is 0.282. The third kappa shape index (κ3) is 2.06. The molecule has 0 aliphatic heterocycles. The van der Waals surface area contributed by atoms with Crippen molar-refractivity contribution in [1.29, 1.82) is 0 Å². The fourth-order valence-corrected chi connectivity index (χ4v) is 2.77. The number of fused-ring (bicyclic) bond motifs is 1. The maximum absolute atomic E-state index is 9.69. The van der Waals surface area contributed by atoms with E-state index in [0.29, 0.717) is 6.54 Å². The summed E-state index contributed by atoms with van der Waals surface area (Å²) in [6, 6.07) is 15.8. The highest BCUT2D eigenvalue weighted by Gasteiger charge is 2.13. The number of hydrogen-bond acceptors (Lipinski definition) is 2. The van der Waals surface area contributed by atoms with Gasteiger partial charge in [0.15, 0.2) is 0 Å². The van der Waals surface area contributed by atoms with Crippen LogP contribution in [0.1, 0.15) is 16.8 Å². The normalized spacial score (nSPS) is 11.1. The quantitative estimate of drug-likeness (QED) is 0.765. The number of aromatic hydroxyl groups is 1. The molecule has 0 amide bonds. The monoisotopic (exact) mass is 266 g/mol. The van der Waals surface area contributed by atoms with Crippen LogP contribution < -0.4 is 5.73 Å². The number of hydrogen-bond donors (Lipinski definition) is 2. The summed E-state index contributed by atoms with van der Waals surface area (Å²) in [6.45, 7) is 3.38. The number of aromatic nitrogens is 1. The van der Waals surface area contributed by atoms with Crippen LogP contribution in [0.3, 0.4) is 0 Å². The van der Waals surface area contributed by atoms with E-state index in [1.165, 1.54) is 5.56 Å². The van der Waals surface area contributed by atoms with Gasteiger partial charge < -0.3 is 15.4 Å². The third-order valence-electron chi connectivity index (χ3n) is 3.83. The van der Waals surface area contributed by atoms with Gasteiger partial charge in [0, 0.05) is 29.7 Å². The minimum absolute atomic E-state index is 0.282. The van der Waals surface area contributed by atoms with Crippen LogP contribution in [0.25, 0.3) is 10.9 Å². The zero-order chi connectivity index (χ0) is 14.1. The predicted octanol–water partition coefficient (Wildman–Crippen LogP) is 3.16. The Balaban J connectivity index is 2.17. The van der Waals surface area contributed by atoms with Gasteiger partial charge in [-0.15, -0.1) is 0 Å². The average molecular weight is 266 g/mol. The van der Waals surface area contributed by atoms with Gasteiger partial charge in [-0.1, -0.05) is 30.3 Å². The molecule has 3 N–H and O–H groups in total. The lowest BCUT2D eigenvalue weighted by Gasteiger charge is -2.09. The van der Waals surface area contributed by atoms with Crippen molar-refractivity contribution < 1.29 is 5.11 Å². The molecule has 0 spiro atoms. The highest BCUT2D eigenvalue weighted by molar-refractivity contribution is 5.87. The van der Waals surface area contributed by atoms with Crippen LogP contribution in [-0.2, 0) is 13.1 Å². The molecule has 0 atom stereocenters. The SMILES string of the molecule is Cc1c(CN)c2cc(O)ccc2n1Cc1ccccc1. The Kier molecular flexibility index (Phi) is 3.20. The second kappa shape index (κ2) is 5.02. The van der Waals surface area contributed by atoms with E-state index in [-0.39, 0.29) is 5.75 Å². The molecule has 3 nitrogen and oxygen atoms in total. The molecule has 3 aromatic rings. The molecule has 0 radical (unpaired) electrons. The van der Waals surface area contributed by atoms with Gasteiger partial charge in [-0.3, -0.25) is 0 Å². The van der Waals surface area contributed by atoms with E-state index in [2.05, 4.69) is 23.6 Å². The van der Waals surface area contributed by atoms with Crippen molar-refractivity contribution >= 4 is 10.9 Å². The fraction of sp³-hybridized carbons (Fsp3) is 0.176. The standard InChI is InChI=1S/C17H18N2O/c1-12-16(10-18)15-9-14(20)7-8-17(15)19(12)11-13-5-3-2-4-6-13/h2-9,20H,10-11,18H2,1H3. The highest BCUT2D eigenvalue weighted by Crippen LogP contribution is 2.29. The van der Waals surface area contributed by atoms with Crippen molar-refractivity contribution in [2.75, 3.05) is 0 Å². The first-order valence-corrected chi connectivity index (χ1v) is 6.75. The smallest absolute Gasteiger partial charge is 0.116 e. The zero-order valence-electron chi connectivity index (χ0n) is 11.5. The average Bonchev–Trinajstić information content (AvgIpc) is 2.71. The first-order chi connectivity index (χ1) is 9.70. The summed E-state index contributed by atoms with van der Waals surface area (Å²) in [5, 5.41) is 10.7. The van der Waals surface area contributed by atoms with E-state index in [9.17, 15) is 5.11 Å². The maximum Gasteiger partial charge on any atom is 0.116 e. The molecule has 0 saturated carbocycles. The van der Waals surface area contributed by atoms with E-state index >= 15 is 0 Å². The van der Waals surface area contributed by atoms with Gasteiger partial charge in [0.25, 0.3) is 0 Å². The Morgan fingerprint density at radius 2 is 1.85 bits per heavy atom. The van der Waals surface area contributed by atoms with Gasteiger partial charge >= 0.3 is 0 Å². The summed E-state index contributed by atoms with van der Waals surface area (Å²) in [4.78, 5) is 0. The molecule has 3 heteroatoms. The van der Waals surface area contributed by atoms with Gasteiger partial charge in [-0.2, -0.15) is 0 Å². The first-order valence-electron chi connectivity index (χ1n) is 6.75. The van der Waals surface area contributed by atoms with Crippen LogP contribution in [0, 0.1) is 6.92 Å². The molecule has 1 aromatic heterocycles. The van der Waals surface area contributed by atoms with Crippen molar-refractivity contribution in [3.8, 4) is 5.75 Å². The number of nitrogens with zero attached hydrogens (tertiary/aromatic N) is 1. The van der Waals surface area contributed by atoms with Crippen LogP contribution in [0.2, 0.25) is 0 Å². The van der Waals surface area contributed by atoms with E-state index in [1.807, 2.05) is 24.3 Å². The van der Waals surface area contributed by atoms with Gasteiger partial charge in [0.1, 0.15) is 5.75 Å². The van der Waals surface area contributed by atoms with Crippen LogP contribution >= 0.6 is 0 Å². The van der Waals surface area contributed by atoms with Gasteiger partial charge in [0.05, 0.1) is 0 Å². The zero-order valence-corrected chi connectivity index (χ0v) is 11.5. The molecule has 0 aliphatic carbocycles. The fourth-order valence-electron chi connectivity index (χ4n) is 2.77. The predicted molar refractivity (Wildman–Crippen MR) is 81.8 cm³/mol. The van der Waals surface area contributed by atoms with E-state index in [0.717, 1.165) is 28.7 Å². The second-order valence-corrected chi connectivity index (χ2v) is 5.04. The van der Waals surface area contributed by atoms with E-state index < -0.39 is 0 Å². The molecule has 2 aromatic carbocycles. The van der Waals surface area contributed by atoms with Crippen molar-refractivity contribution in [3.05, 3.63) is 65.4 Å². The number of phenols is 1. The lowest BCUT2D eigenvalue weighted by molar-refractivity contribution is 0.476. The second-order valence-electron chi connectivity index (χ2n) is 5.04. The minimum Gasteiger partial charge on any atom is -0.508 e. The summed E-state index contributed by atoms with van der Waals surface area (Å²) in [6.07, 6.45) is 0. The van der Waals surface area contributed by atoms with Crippen molar-refractivity contribution in [2.24, 2.45) is 5.73 Å². The molecule has 102 valence electrons. The summed E-state index contributed by atoms with van der Waals surface area (Å²) < 4.78 is 2.26. The summed E-state index contributed by atoms with van der Waals surface area (Å²) in [5.41, 5.74) is 10.5. The Labute approximate surface area is 118 Å². The lowest BCUT2D eigenvalue weighted by Crippen LogP contribution is -2.04. The summed E-state index contributed by atoms with van der Waals surface area (Å²) in [7, 11) is 0. The molecule has 0 bridgehead atoms. The van der Waals surface area contributed by atoms with E-state index in [4.69, 9.17) is 5.73 Å². The Hall–Kier alpha value is -2.26. The Morgan fingerprint density at radius 3 is 2.55 bits per heavy atom. The lowest BCUT2D eigenvalue weighted by atomic mass is 10.1. The van der Waals surface area contributed by atoms with Gasteiger partial charge in [0.2, 0.25) is 0 Å². The topological polar surface area (TPSA) is 51.2 Å². The number of nitrogens with two attached hydrogens (primary N) is 1. The molecule has 0 aliphatic rings.